The molecule has 0 spiro atoms. The van der Waals surface area contributed by atoms with E-state index in [0.29, 0.717) is 6.10 Å². The van der Waals surface area contributed by atoms with Crippen LogP contribution in [-0.4, -0.2) is 6.61 Å². The highest BCUT2D eigenvalue weighted by Gasteiger charge is 2.28. The van der Waals surface area contributed by atoms with Gasteiger partial charge >= 0.3 is 0 Å². The lowest BCUT2D eigenvalue weighted by Gasteiger charge is -2.25. The van der Waals surface area contributed by atoms with Crippen molar-refractivity contribution in [2.45, 2.75) is 38.3 Å². The third-order valence-corrected chi connectivity index (χ3v) is 4.57. The van der Waals surface area contributed by atoms with Crippen LogP contribution >= 0.6 is 0 Å². The van der Waals surface area contributed by atoms with Crippen LogP contribution in [0.5, 0.6) is 0 Å². The second-order valence-electron chi connectivity index (χ2n) is 6.22. The predicted molar refractivity (Wildman–Crippen MR) is 77.5 cm³/mol. The Morgan fingerprint density at radius 2 is 1.68 bits per heavy atom. The summed E-state index contributed by atoms with van der Waals surface area (Å²) in [4.78, 5) is 0. The van der Waals surface area contributed by atoms with Crippen molar-refractivity contribution in [1.82, 2.24) is 0 Å². The second-order valence-corrected chi connectivity index (χ2v) is 6.97. The Kier molecular flexibility index (Phi) is 5.68. The van der Waals surface area contributed by atoms with E-state index in [1.54, 1.807) is 0 Å². The number of hydrogen-bond acceptors (Lipinski definition) is 5. The molecule has 1 saturated heterocycles. The van der Waals surface area contributed by atoms with Gasteiger partial charge in [-0.3, -0.25) is 0 Å². The van der Waals surface area contributed by atoms with E-state index < -0.39 is 10.2 Å². The van der Waals surface area contributed by atoms with Crippen molar-refractivity contribution in [3.63, 3.8) is 0 Å². The maximum absolute atomic E-state index is 8.49. The molecule has 7 heteroatoms. The first kappa shape index (κ1) is 18.3. The van der Waals surface area contributed by atoms with Crippen LogP contribution in [0.25, 0.3) is 0 Å². The average Bonchev–Trinajstić information content (AvgIpc) is 2.59. The highest BCUT2D eigenvalue weighted by Crippen LogP contribution is 2.31. The SMILES string of the molecule is [O-][Cl+3]([O-])([O-])[O-].c1ccc2c(c1)Cc1c(C3CCCCO3)ccc[n+]1C2. The summed E-state index contributed by atoms with van der Waals surface area (Å²) >= 11 is 0. The maximum atomic E-state index is 8.49. The monoisotopic (exact) mass is 365 g/mol. The van der Waals surface area contributed by atoms with Gasteiger partial charge in [0, 0.05) is 23.8 Å². The van der Waals surface area contributed by atoms with E-state index in [1.807, 2.05) is 0 Å². The molecule has 1 aromatic heterocycles. The van der Waals surface area contributed by atoms with Crippen LogP contribution in [0.3, 0.4) is 0 Å². The molecule has 2 aliphatic rings. The summed E-state index contributed by atoms with van der Waals surface area (Å²) in [6, 6.07) is 13.2. The van der Waals surface area contributed by atoms with Gasteiger partial charge in [0.25, 0.3) is 0 Å². The Morgan fingerprint density at radius 1 is 0.960 bits per heavy atom. The molecule has 0 aliphatic carbocycles. The molecule has 1 atom stereocenters. The van der Waals surface area contributed by atoms with Crippen LogP contribution in [0.2, 0.25) is 0 Å². The van der Waals surface area contributed by atoms with Gasteiger partial charge in [-0.15, -0.1) is 10.2 Å². The number of hydrogen-bond donors (Lipinski definition) is 0. The molecule has 0 bridgehead atoms. The average molecular weight is 366 g/mol. The van der Waals surface area contributed by atoms with Gasteiger partial charge in [-0.1, -0.05) is 24.3 Å². The quantitative estimate of drug-likeness (QED) is 0.483. The van der Waals surface area contributed by atoms with Crippen molar-refractivity contribution in [2.75, 3.05) is 6.61 Å². The van der Waals surface area contributed by atoms with Crippen molar-refractivity contribution in [2.24, 2.45) is 0 Å². The molecular weight excluding hydrogens is 346 g/mol. The minimum atomic E-state index is -4.94. The third-order valence-electron chi connectivity index (χ3n) is 4.57. The highest BCUT2D eigenvalue weighted by molar-refractivity contribution is 5.34. The molecule has 0 radical (unpaired) electrons. The van der Waals surface area contributed by atoms with E-state index >= 15 is 0 Å². The van der Waals surface area contributed by atoms with Crippen LogP contribution in [0.15, 0.2) is 42.6 Å². The number of halogens is 1. The van der Waals surface area contributed by atoms with Gasteiger partial charge in [0.05, 0.1) is 12.5 Å². The van der Waals surface area contributed by atoms with Crippen molar-refractivity contribution in [3.8, 4) is 0 Å². The molecule has 2 aliphatic heterocycles. The lowest BCUT2D eigenvalue weighted by molar-refractivity contribution is -2.00. The van der Waals surface area contributed by atoms with E-state index in [-0.39, 0.29) is 0 Å². The molecule has 3 heterocycles. The van der Waals surface area contributed by atoms with Crippen molar-refractivity contribution >= 4 is 0 Å². The van der Waals surface area contributed by atoms with Crippen molar-refractivity contribution < 1.29 is 38.2 Å². The molecule has 0 amide bonds. The van der Waals surface area contributed by atoms with Crippen LogP contribution in [0.1, 0.15) is 47.8 Å². The fraction of sp³-hybridized carbons (Fsp3) is 0.389. The molecule has 0 N–H and O–H groups in total. The molecule has 1 aromatic carbocycles. The summed E-state index contributed by atoms with van der Waals surface area (Å²) in [5, 5.41) is 0. The first-order valence-electron chi connectivity index (χ1n) is 8.23. The van der Waals surface area contributed by atoms with Crippen molar-refractivity contribution in [3.05, 3.63) is 65.0 Å². The molecule has 25 heavy (non-hydrogen) atoms. The van der Waals surface area contributed by atoms with Gasteiger partial charge in [-0.25, -0.2) is 18.6 Å². The third kappa shape index (κ3) is 4.98. The summed E-state index contributed by atoms with van der Waals surface area (Å²) in [5.41, 5.74) is 5.77. The number of nitrogens with zero attached hydrogens (tertiary/aromatic N) is 1. The highest BCUT2D eigenvalue weighted by atomic mass is 35.7. The maximum Gasteiger partial charge on any atom is 0.191 e. The molecule has 2 aromatic rings. The summed E-state index contributed by atoms with van der Waals surface area (Å²) in [5.74, 6) is 0. The summed E-state index contributed by atoms with van der Waals surface area (Å²) in [6.45, 7) is 1.90. The molecular formula is C18H20ClNO5. The molecule has 4 rings (SSSR count). The van der Waals surface area contributed by atoms with Gasteiger partial charge in [-0.05, 0) is 30.9 Å². The lowest BCUT2D eigenvalue weighted by atomic mass is 9.92. The number of benzene rings is 1. The van der Waals surface area contributed by atoms with E-state index in [9.17, 15) is 0 Å². The van der Waals surface area contributed by atoms with Gasteiger partial charge in [-0.2, -0.15) is 4.57 Å². The van der Waals surface area contributed by atoms with E-state index in [4.69, 9.17) is 23.4 Å². The van der Waals surface area contributed by atoms with Gasteiger partial charge < -0.3 is 4.74 Å². The smallest absolute Gasteiger partial charge is 0.191 e. The van der Waals surface area contributed by atoms with Gasteiger partial charge in [0.1, 0.15) is 0 Å². The number of aromatic nitrogens is 1. The number of pyridine rings is 1. The molecule has 134 valence electrons. The minimum Gasteiger partial charge on any atom is -0.373 e. The van der Waals surface area contributed by atoms with E-state index in [1.165, 1.54) is 41.6 Å². The Balaban J connectivity index is 0.000000324. The number of ether oxygens (including phenoxy) is 1. The Bertz CT molecular complexity index is 720. The first-order valence-corrected chi connectivity index (χ1v) is 9.46. The van der Waals surface area contributed by atoms with Crippen LogP contribution in [-0.2, 0) is 17.7 Å². The predicted octanol–water partition coefficient (Wildman–Crippen LogP) is -1.59. The Labute approximate surface area is 148 Å². The van der Waals surface area contributed by atoms with E-state index in [2.05, 4.69) is 47.2 Å². The second kappa shape index (κ2) is 7.78. The van der Waals surface area contributed by atoms with E-state index in [0.717, 1.165) is 19.6 Å². The van der Waals surface area contributed by atoms with Gasteiger partial charge in [0.2, 0.25) is 0 Å². The molecule has 6 nitrogen and oxygen atoms in total. The number of rotatable bonds is 1. The fourth-order valence-electron chi connectivity index (χ4n) is 3.48. The largest absolute Gasteiger partial charge is 0.373 e. The van der Waals surface area contributed by atoms with Crippen LogP contribution in [0, 0.1) is 10.2 Å². The zero-order valence-corrected chi connectivity index (χ0v) is 14.5. The first-order chi connectivity index (χ1) is 11.9. The van der Waals surface area contributed by atoms with Crippen LogP contribution in [0.4, 0.5) is 0 Å². The topological polar surface area (TPSA) is 105 Å². The summed E-state index contributed by atoms with van der Waals surface area (Å²) in [7, 11) is -4.94. The zero-order chi connectivity index (χ0) is 17.9. The normalized spacial score (nSPS) is 19.3. The summed E-state index contributed by atoms with van der Waals surface area (Å²) < 4.78 is 42.4. The molecule has 0 saturated carbocycles. The number of fused-ring (bicyclic) bond motifs is 2. The molecule has 1 fully saturated rings. The zero-order valence-electron chi connectivity index (χ0n) is 13.7. The Morgan fingerprint density at radius 3 is 2.36 bits per heavy atom. The summed E-state index contributed by atoms with van der Waals surface area (Å²) in [6.07, 6.45) is 7.20. The van der Waals surface area contributed by atoms with Crippen molar-refractivity contribution in [1.29, 1.82) is 0 Å². The van der Waals surface area contributed by atoms with Gasteiger partial charge in [0.15, 0.2) is 18.4 Å². The molecule has 1 unspecified atom stereocenters. The Hall–Kier alpha value is -1.54. The lowest BCUT2D eigenvalue weighted by Crippen LogP contribution is -2.68. The standard InChI is InChI=1S/C18H20NO.ClHO4/c1-2-7-15-13-19-10-5-8-16(17(19)12-14(15)6-1)18-9-3-4-11-20-18;2-1(3,4)5/h1-2,5-8,10,18H,3-4,9,11-13H2;(H,2,3,4,5)/q+1;/p-1. The fourth-order valence-corrected chi connectivity index (χ4v) is 3.48. The minimum absolute atomic E-state index is 0.302. The van der Waals surface area contributed by atoms with Crippen LogP contribution < -0.4 is 23.2 Å².